The van der Waals surface area contributed by atoms with Crippen LogP contribution in [-0.4, -0.2) is 12.4 Å². The SMILES string of the molecule is Cc1ccc(S(=O)(=O)n2ccc3c4ccccc4[n+]([O-])cc32)cc1. The van der Waals surface area contributed by atoms with E-state index >= 15 is 0 Å². The Morgan fingerprint density at radius 3 is 2.42 bits per heavy atom. The summed E-state index contributed by atoms with van der Waals surface area (Å²) < 4.78 is 27.7. The fourth-order valence-corrected chi connectivity index (χ4v) is 4.22. The van der Waals surface area contributed by atoms with Crippen LogP contribution in [-0.2, 0) is 10.0 Å². The van der Waals surface area contributed by atoms with E-state index < -0.39 is 10.0 Å². The van der Waals surface area contributed by atoms with Crippen molar-refractivity contribution in [3.05, 3.63) is 77.8 Å². The maximum absolute atomic E-state index is 12.9. The van der Waals surface area contributed by atoms with Crippen molar-refractivity contribution >= 4 is 31.8 Å². The zero-order valence-electron chi connectivity index (χ0n) is 12.9. The van der Waals surface area contributed by atoms with Crippen molar-refractivity contribution in [2.24, 2.45) is 0 Å². The predicted molar refractivity (Wildman–Crippen MR) is 92.2 cm³/mol. The highest BCUT2D eigenvalue weighted by molar-refractivity contribution is 7.90. The lowest BCUT2D eigenvalue weighted by molar-refractivity contribution is -0.575. The minimum absolute atomic E-state index is 0.191. The smallest absolute Gasteiger partial charge is 0.268 e. The average molecular weight is 338 g/mol. The molecule has 0 atom stereocenters. The molecule has 5 nitrogen and oxygen atoms in total. The zero-order chi connectivity index (χ0) is 16.9. The van der Waals surface area contributed by atoms with Gasteiger partial charge >= 0.3 is 0 Å². The normalized spacial score (nSPS) is 12.0. The number of rotatable bonds is 2. The van der Waals surface area contributed by atoms with E-state index in [2.05, 4.69) is 0 Å². The molecular formula is C18H14N2O3S. The monoisotopic (exact) mass is 338 g/mol. The van der Waals surface area contributed by atoms with Gasteiger partial charge in [0.1, 0.15) is 5.52 Å². The number of fused-ring (bicyclic) bond motifs is 3. The molecule has 0 saturated carbocycles. The fraction of sp³-hybridized carbons (Fsp3) is 0.0556. The van der Waals surface area contributed by atoms with Crippen LogP contribution in [0.5, 0.6) is 0 Å². The summed E-state index contributed by atoms with van der Waals surface area (Å²) in [7, 11) is -3.76. The zero-order valence-corrected chi connectivity index (χ0v) is 13.7. The highest BCUT2D eigenvalue weighted by Gasteiger charge is 2.22. The molecule has 0 saturated heterocycles. The van der Waals surface area contributed by atoms with E-state index in [1.807, 2.05) is 19.1 Å². The summed E-state index contributed by atoms with van der Waals surface area (Å²) >= 11 is 0. The predicted octanol–water partition coefficient (Wildman–Crippen LogP) is 2.97. The Hall–Kier alpha value is -2.86. The maximum Gasteiger partial charge on any atom is 0.268 e. The van der Waals surface area contributed by atoms with Gasteiger partial charge in [-0.05, 0) is 31.2 Å². The van der Waals surface area contributed by atoms with Gasteiger partial charge in [0.25, 0.3) is 10.0 Å². The largest absolute Gasteiger partial charge is 0.618 e. The highest BCUT2D eigenvalue weighted by Crippen LogP contribution is 2.26. The Morgan fingerprint density at radius 1 is 0.958 bits per heavy atom. The first-order chi connectivity index (χ1) is 11.5. The first kappa shape index (κ1) is 14.7. The van der Waals surface area contributed by atoms with Crippen LogP contribution in [0.1, 0.15) is 5.56 Å². The van der Waals surface area contributed by atoms with E-state index in [4.69, 9.17) is 0 Å². The molecule has 0 amide bonds. The number of pyridine rings is 1. The molecule has 4 rings (SSSR count). The Bertz CT molecular complexity index is 1180. The molecule has 4 aromatic rings. The first-order valence-corrected chi connectivity index (χ1v) is 8.87. The molecule has 0 radical (unpaired) electrons. The van der Waals surface area contributed by atoms with Crippen molar-refractivity contribution in [1.29, 1.82) is 0 Å². The molecule has 0 N–H and O–H groups in total. The highest BCUT2D eigenvalue weighted by atomic mass is 32.2. The van der Waals surface area contributed by atoms with E-state index in [-0.39, 0.29) is 4.90 Å². The molecular weight excluding hydrogens is 324 g/mol. The molecule has 0 spiro atoms. The molecule has 0 aliphatic rings. The van der Waals surface area contributed by atoms with Crippen LogP contribution in [0, 0.1) is 12.1 Å². The van der Waals surface area contributed by atoms with Crippen LogP contribution in [0.3, 0.4) is 0 Å². The molecule has 24 heavy (non-hydrogen) atoms. The van der Waals surface area contributed by atoms with E-state index in [1.165, 1.54) is 12.4 Å². The second-order valence-electron chi connectivity index (χ2n) is 5.70. The summed E-state index contributed by atoms with van der Waals surface area (Å²) in [5.41, 5.74) is 1.86. The van der Waals surface area contributed by atoms with Crippen molar-refractivity contribution in [2.75, 3.05) is 0 Å². The Balaban J connectivity index is 2.03. The third-order valence-corrected chi connectivity index (χ3v) is 5.84. The molecule has 2 aromatic carbocycles. The molecule has 0 unspecified atom stereocenters. The van der Waals surface area contributed by atoms with Crippen LogP contribution in [0.4, 0.5) is 0 Å². The van der Waals surface area contributed by atoms with Gasteiger partial charge < -0.3 is 5.21 Å². The van der Waals surface area contributed by atoms with Gasteiger partial charge in [0.2, 0.25) is 11.7 Å². The Labute approximate surface area is 139 Å². The third kappa shape index (κ3) is 2.07. The van der Waals surface area contributed by atoms with Gasteiger partial charge in [-0.1, -0.05) is 29.8 Å². The van der Waals surface area contributed by atoms with Crippen molar-refractivity contribution in [2.45, 2.75) is 11.8 Å². The maximum atomic E-state index is 12.9. The summed E-state index contributed by atoms with van der Waals surface area (Å²) in [6.45, 7) is 1.90. The minimum Gasteiger partial charge on any atom is -0.618 e. The molecule has 0 fully saturated rings. The van der Waals surface area contributed by atoms with Gasteiger partial charge in [-0.15, -0.1) is 0 Å². The quantitative estimate of drug-likeness (QED) is 0.417. The number of benzene rings is 2. The lowest BCUT2D eigenvalue weighted by Gasteiger charge is -2.09. The van der Waals surface area contributed by atoms with Crippen LogP contribution in [0.2, 0.25) is 0 Å². The number of nitrogens with zero attached hydrogens (tertiary/aromatic N) is 2. The fourth-order valence-electron chi connectivity index (χ4n) is 2.89. The molecule has 120 valence electrons. The van der Waals surface area contributed by atoms with E-state index in [9.17, 15) is 13.6 Å². The van der Waals surface area contributed by atoms with Crippen molar-refractivity contribution in [3.63, 3.8) is 0 Å². The topological polar surface area (TPSA) is 66.0 Å². The van der Waals surface area contributed by atoms with Gasteiger partial charge in [0.15, 0.2) is 0 Å². The number of hydrogen-bond acceptors (Lipinski definition) is 3. The lowest BCUT2D eigenvalue weighted by atomic mass is 10.1. The van der Waals surface area contributed by atoms with Crippen LogP contribution in [0.15, 0.2) is 71.9 Å². The van der Waals surface area contributed by atoms with E-state index in [1.54, 1.807) is 42.5 Å². The number of hydrogen-bond donors (Lipinski definition) is 0. The Kier molecular flexibility index (Phi) is 3.11. The summed E-state index contributed by atoms with van der Waals surface area (Å²) in [4.78, 5) is 0.191. The van der Waals surface area contributed by atoms with Crippen LogP contribution >= 0.6 is 0 Å². The second kappa shape index (κ2) is 5.07. The first-order valence-electron chi connectivity index (χ1n) is 7.43. The minimum atomic E-state index is -3.76. The molecule has 6 heteroatoms. The number of aromatic nitrogens is 2. The lowest BCUT2D eigenvalue weighted by Crippen LogP contribution is -2.27. The molecule has 2 heterocycles. The number of aryl methyl sites for hydroxylation is 1. The van der Waals surface area contributed by atoms with E-state index in [0.717, 1.165) is 20.3 Å². The molecule has 0 aliphatic carbocycles. The third-order valence-electron chi connectivity index (χ3n) is 4.14. The molecule has 0 aliphatic heterocycles. The number of para-hydroxylation sites is 1. The van der Waals surface area contributed by atoms with Crippen molar-refractivity contribution in [1.82, 2.24) is 3.97 Å². The second-order valence-corrected chi connectivity index (χ2v) is 7.52. The van der Waals surface area contributed by atoms with Gasteiger partial charge in [-0.25, -0.2) is 12.4 Å². The summed E-state index contributed by atoms with van der Waals surface area (Å²) in [6, 6.07) is 15.5. The standard InChI is InChI=1S/C18H14N2O3S/c1-13-6-8-14(9-7-13)24(22,23)20-11-10-16-15-4-2-3-5-17(15)19(21)12-18(16)20/h2-12H,1H3. The average Bonchev–Trinajstić information content (AvgIpc) is 3.00. The van der Waals surface area contributed by atoms with Crippen molar-refractivity contribution < 1.29 is 13.1 Å². The van der Waals surface area contributed by atoms with Crippen LogP contribution in [0.25, 0.3) is 21.8 Å². The van der Waals surface area contributed by atoms with Crippen molar-refractivity contribution in [3.8, 4) is 0 Å². The van der Waals surface area contributed by atoms with Crippen LogP contribution < -0.4 is 4.73 Å². The van der Waals surface area contributed by atoms with Gasteiger partial charge in [-0.2, -0.15) is 4.73 Å². The summed E-state index contributed by atoms with van der Waals surface area (Å²) in [5.74, 6) is 0. The summed E-state index contributed by atoms with van der Waals surface area (Å²) in [6.07, 6.45) is 2.80. The summed E-state index contributed by atoms with van der Waals surface area (Å²) in [5, 5.41) is 13.7. The van der Waals surface area contributed by atoms with E-state index in [0.29, 0.717) is 15.8 Å². The van der Waals surface area contributed by atoms with Gasteiger partial charge in [-0.3, -0.25) is 0 Å². The molecule has 0 bridgehead atoms. The van der Waals surface area contributed by atoms with Gasteiger partial charge in [0, 0.05) is 17.6 Å². The van der Waals surface area contributed by atoms with Gasteiger partial charge in [0.05, 0.1) is 10.3 Å². The molecule has 2 aromatic heterocycles. The Morgan fingerprint density at radius 2 is 1.67 bits per heavy atom.